The smallest absolute Gasteiger partial charge is 0.0483 e. The molecule has 18 heavy (non-hydrogen) atoms. The average molecular weight is 244 g/mol. The summed E-state index contributed by atoms with van der Waals surface area (Å²) in [6, 6.07) is 8.66. The maximum atomic E-state index is 3.64. The monoisotopic (exact) mass is 244 g/mol. The average Bonchev–Trinajstić information content (AvgIpc) is 2.75. The van der Waals surface area contributed by atoms with Crippen LogP contribution in [0.1, 0.15) is 39.7 Å². The van der Waals surface area contributed by atoms with Gasteiger partial charge in [0.25, 0.3) is 0 Å². The van der Waals surface area contributed by atoms with Crippen LogP contribution >= 0.6 is 0 Å². The Bertz CT molecular complexity index is 523. The summed E-state index contributed by atoms with van der Waals surface area (Å²) in [6.07, 6.45) is 3.42. The fourth-order valence-electron chi connectivity index (χ4n) is 2.18. The van der Waals surface area contributed by atoms with E-state index in [4.69, 9.17) is 0 Å². The van der Waals surface area contributed by atoms with Gasteiger partial charge in [0.2, 0.25) is 0 Å². The number of aromatic nitrogens is 1. The van der Waals surface area contributed by atoms with Gasteiger partial charge in [-0.2, -0.15) is 0 Å². The lowest BCUT2D eigenvalue weighted by Crippen LogP contribution is -2.37. The predicted molar refractivity (Wildman–Crippen MR) is 78.8 cm³/mol. The van der Waals surface area contributed by atoms with Crippen molar-refractivity contribution in [2.75, 3.05) is 0 Å². The molecule has 0 fully saturated rings. The number of aryl methyl sites for hydroxylation is 1. The SMILES string of the molecule is CCn1cc(CNC(C)(C)CC)c2ccccc21. The number of hydrogen-bond donors (Lipinski definition) is 1. The Hall–Kier alpha value is -1.28. The lowest BCUT2D eigenvalue weighted by Gasteiger charge is -2.24. The third-order valence-corrected chi connectivity index (χ3v) is 3.85. The third-order valence-electron chi connectivity index (χ3n) is 3.85. The zero-order valence-corrected chi connectivity index (χ0v) is 12.0. The highest BCUT2D eigenvalue weighted by atomic mass is 15.0. The van der Waals surface area contributed by atoms with Crippen LogP contribution in [0.15, 0.2) is 30.5 Å². The number of benzene rings is 1. The second kappa shape index (κ2) is 5.15. The molecule has 0 saturated carbocycles. The van der Waals surface area contributed by atoms with Crippen molar-refractivity contribution < 1.29 is 0 Å². The van der Waals surface area contributed by atoms with Crippen LogP contribution in [-0.4, -0.2) is 10.1 Å². The summed E-state index contributed by atoms with van der Waals surface area (Å²) in [7, 11) is 0. The van der Waals surface area contributed by atoms with Crippen LogP contribution in [0.4, 0.5) is 0 Å². The van der Waals surface area contributed by atoms with Gasteiger partial charge in [-0.3, -0.25) is 0 Å². The molecule has 2 aromatic rings. The summed E-state index contributed by atoms with van der Waals surface area (Å²) in [5.74, 6) is 0. The van der Waals surface area contributed by atoms with Gasteiger partial charge in [-0.1, -0.05) is 25.1 Å². The minimum atomic E-state index is 0.204. The van der Waals surface area contributed by atoms with Crippen LogP contribution in [0.3, 0.4) is 0 Å². The minimum Gasteiger partial charge on any atom is -0.347 e. The predicted octanol–water partition coefficient (Wildman–Crippen LogP) is 3.94. The Balaban J connectivity index is 2.28. The highest BCUT2D eigenvalue weighted by Crippen LogP contribution is 2.22. The molecule has 0 unspecified atom stereocenters. The van der Waals surface area contributed by atoms with Crippen LogP contribution in [-0.2, 0) is 13.1 Å². The van der Waals surface area contributed by atoms with E-state index in [1.807, 2.05) is 0 Å². The third kappa shape index (κ3) is 2.59. The van der Waals surface area contributed by atoms with E-state index in [9.17, 15) is 0 Å². The van der Waals surface area contributed by atoms with Crippen molar-refractivity contribution in [3.63, 3.8) is 0 Å². The fraction of sp³-hybridized carbons (Fsp3) is 0.500. The molecular weight excluding hydrogens is 220 g/mol. The summed E-state index contributed by atoms with van der Waals surface area (Å²) in [5.41, 5.74) is 2.94. The Kier molecular flexibility index (Phi) is 3.76. The van der Waals surface area contributed by atoms with Gasteiger partial charge in [-0.25, -0.2) is 0 Å². The molecule has 2 heteroatoms. The Morgan fingerprint density at radius 2 is 1.89 bits per heavy atom. The van der Waals surface area contributed by atoms with Gasteiger partial charge in [0.15, 0.2) is 0 Å². The van der Waals surface area contributed by atoms with Crippen molar-refractivity contribution >= 4 is 10.9 Å². The van der Waals surface area contributed by atoms with E-state index in [1.54, 1.807) is 0 Å². The summed E-state index contributed by atoms with van der Waals surface area (Å²) in [5, 5.41) is 5.02. The van der Waals surface area contributed by atoms with Crippen molar-refractivity contribution in [2.45, 2.75) is 52.7 Å². The maximum absolute atomic E-state index is 3.64. The van der Waals surface area contributed by atoms with E-state index < -0.39 is 0 Å². The first-order valence-corrected chi connectivity index (χ1v) is 6.89. The van der Waals surface area contributed by atoms with Crippen LogP contribution < -0.4 is 5.32 Å². The van der Waals surface area contributed by atoms with E-state index >= 15 is 0 Å². The number of para-hydroxylation sites is 1. The van der Waals surface area contributed by atoms with Crippen molar-refractivity contribution in [1.29, 1.82) is 0 Å². The molecule has 0 spiro atoms. The highest BCUT2D eigenvalue weighted by molar-refractivity contribution is 5.83. The summed E-state index contributed by atoms with van der Waals surface area (Å²) < 4.78 is 2.32. The zero-order valence-electron chi connectivity index (χ0n) is 12.0. The molecule has 98 valence electrons. The molecule has 2 nitrogen and oxygen atoms in total. The topological polar surface area (TPSA) is 17.0 Å². The van der Waals surface area contributed by atoms with E-state index in [0.717, 1.165) is 19.5 Å². The van der Waals surface area contributed by atoms with E-state index in [0.29, 0.717) is 0 Å². The molecule has 0 atom stereocenters. The van der Waals surface area contributed by atoms with Gasteiger partial charge in [-0.05, 0) is 38.8 Å². The van der Waals surface area contributed by atoms with Gasteiger partial charge >= 0.3 is 0 Å². The van der Waals surface area contributed by atoms with E-state index in [1.165, 1.54) is 16.5 Å². The number of hydrogen-bond acceptors (Lipinski definition) is 1. The van der Waals surface area contributed by atoms with E-state index in [-0.39, 0.29) is 5.54 Å². The second-order valence-electron chi connectivity index (χ2n) is 5.55. The molecule has 1 N–H and O–H groups in total. The molecule has 0 bridgehead atoms. The Morgan fingerprint density at radius 1 is 1.17 bits per heavy atom. The first kappa shape index (κ1) is 13.2. The number of rotatable bonds is 5. The molecule has 1 aromatic carbocycles. The van der Waals surface area contributed by atoms with Gasteiger partial charge in [-0.15, -0.1) is 0 Å². The molecule has 1 aromatic heterocycles. The normalized spacial score (nSPS) is 12.2. The fourth-order valence-corrected chi connectivity index (χ4v) is 2.18. The molecule has 0 saturated heterocycles. The lowest BCUT2D eigenvalue weighted by molar-refractivity contribution is 0.375. The molecule has 0 radical (unpaired) electrons. The number of nitrogens with one attached hydrogen (secondary N) is 1. The van der Waals surface area contributed by atoms with Crippen LogP contribution in [0, 0.1) is 0 Å². The quantitative estimate of drug-likeness (QED) is 0.843. The van der Waals surface area contributed by atoms with E-state index in [2.05, 4.69) is 68.0 Å². The van der Waals surface area contributed by atoms with Crippen LogP contribution in [0.2, 0.25) is 0 Å². The number of fused-ring (bicyclic) bond motifs is 1. The molecule has 0 aliphatic rings. The van der Waals surface area contributed by atoms with Gasteiger partial charge in [0.1, 0.15) is 0 Å². The van der Waals surface area contributed by atoms with Crippen molar-refractivity contribution in [3.05, 3.63) is 36.0 Å². The summed E-state index contributed by atoms with van der Waals surface area (Å²) >= 11 is 0. The summed E-state index contributed by atoms with van der Waals surface area (Å²) in [6.45, 7) is 10.9. The Labute approximate surface area is 110 Å². The first-order valence-electron chi connectivity index (χ1n) is 6.89. The van der Waals surface area contributed by atoms with Gasteiger partial charge in [0, 0.05) is 35.7 Å². The molecular formula is C16H24N2. The molecule has 0 aliphatic heterocycles. The van der Waals surface area contributed by atoms with Crippen LogP contribution in [0.5, 0.6) is 0 Å². The molecule has 0 aliphatic carbocycles. The highest BCUT2D eigenvalue weighted by Gasteiger charge is 2.15. The first-order chi connectivity index (χ1) is 8.57. The van der Waals surface area contributed by atoms with Crippen molar-refractivity contribution in [3.8, 4) is 0 Å². The minimum absolute atomic E-state index is 0.204. The molecule has 0 amide bonds. The molecule has 1 heterocycles. The molecule has 2 rings (SSSR count). The lowest BCUT2D eigenvalue weighted by atomic mass is 10.0. The Morgan fingerprint density at radius 3 is 2.56 bits per heavy atom. The van der Waals surface area contributed by atoms with Gasteiger partial charge in [0.05, 0.1) is 0 Å². The standard InChI is InChI=1S/C16H24N2/c1-5-16(3,4)17-11-13-12-18(6-2)15-10-8-7-9-14(13)15/h7-10,12,17H,5-6,11H2,1-4H3. The second-order valence-corrected chi connectivity index (χ2v) is 5.55. The maximum Gasteiger partial charge on any atom is 0.0483 e. The summed E-state index contributed by atoms with van der Waals surface area (Å²) in [4.78, 5) is 0. The number of nitrogens with zero attached hydrogens (tertiary/aromatic N) is 1. The van der Waals surface area contributed by atoms with Crippen LogP contribution in [0.25, 0.3) is 10.9 Å². The van der Waals surface area contributed by atoms with Crippen molar-refractivity contribution in [1.82, 2.24) is 9.88 Å². The van der Waals surface area contributed by atoms with Gasteiger partial charge < -0.3 is 9.88 Å². The van der Waals surface area contributed by atoms with Crippen molar-refractivity contribution in [2.24, 2.45) is 0 Å². The zero-order chi connectivity index (χ0) is 13.2. The largest absolute Gasteiger partial charge is 0.347 e.